The first kappa shape index (κ1) is 15.5. The van der Waals surface area contributed by atoms with Crippen molar-refractivity contribution in [3.63, 3.8) is 0 Å². The molecule has 0 aliphatic carbocycles. The van der Waals surface area contributed by atoms with Crippen molar-refractivity contribution >= 4 is 5.82 Å². The van der Waals surface area contributed by atoms with Crippen LogP contribution in [-0.2, 0) is 24.9 Å². The molecular formula is C15H23N5O. The number of nitrogens with zero attached hydrogens (tertiary/aromatic N) is 4. The Hall–Kier alpha value is -1.92. The van der Waals surface area contributed by atoms with Crippen LogP contribution in [0.5, 0.6) is 0 Å². The Labute approximate surface area is 125 Å². The summed E-state index contributed by atoms with van der Waals surface area (Å²) in [5.41, 5.74) is 1.17. The number of methoxy groups -OCH3 is 1. The van der Waals surface area contributed by atoms with Crippen LogP contribution in [0.15, 0.2) is 30.7 Å². The number of hydrogen-bond acceptors (Lipinski definition) is 5. The molecule has 6 nitrogen and oxygen atoms in total. The molecule has 2 heterocycles. The van der Waals surface area contributed by atoms with Crippen LogP contribution in [0.3, 0.4) is 0 Å². The van der Waals surface area contributed by atoms with Crippen molar-refractivity contribution in [1.82, 2.24) is 19.9 Å². The minimum absolute atomic E-state index is 0.707. The third-order valence-electron chi connectivity index (χ3n) is 3.33. The molecule has 21 heavy (non-hydrogen) atoms. The van der Waals surface area contributed by atoms with Crippen LogP contribution in [-0.4, -0.2) is 41.8 Å². The molecule has 6 heteroatoms. The molecular weight excluding hydrogens is 266 g/mol. The smallest absolute Gasteiger partial charge is 0.133 e. The lowest BCUT2D eigenvalue weighted by Gasteiger charge is -2.21. The Bertz CT molecular complexity index is 555. The Balaban J connectivity index is 2.02. The van der Waals surface area contributed by atoms with Crippen molar-refractivity contribution in [2.75, 3.05) is 32.2 Å². The zero-order valence-electron chi connectivity index (χ0n) is 12.9. The van der Waals surface area contributed by atoms with Crippen LogP contribution in [0.1, 0.15) is 11.4 Å². The van der Waals surface area contributed by atoms with Gasteiger partial charge in [-0.25, -0.2) is 9.97 Å². The summed E-state index contributed by atoms with van der Waals surface area (Å²) in [5.74, 6) is 1.99. The Morgan fingerprint density at radius 1 is 1.33 bits per heavy atom. The zero-order valence-corrected chi connectivity index (χ0v) is 12.9. The minimum Gasteiger partial charge on any atom is -0.383 e. The van der Waals surface area contributed by atoms with Crippen LogP contribution in [0, 0.1) is 0 Å². The first-order chi connectivity index (χ1) is 10.2. The number of anilines is 1. The number of ether oxygens (including phenoxy) is 1. The molecule has 0 bridgehead atoms. The summed E-state index contributed by atoms with van der Waals surface area (Å²) >= 11 is 0. The molecule has 2 aromatic heterocycles. The van der Waals surface area contributed by atoms with E-state index in [-0.39, 0.29) is 0 Å². The van der Waals surface area contributed by atoms with Gasteiger partial charge >= 0.3 is 0 Å². The van der Waals surface area contributed by atoms with Crippen molar-refractivity contribution in [3.8, 4) is 0 Å². The van der Waals surface area contributed by atoms with E-state index in [2.05, 4.69) is 26.3 Å². The van der Waals surface area contributed by atoms with E-state index < -0.39 is 0 Å². The van der Waals surface area contributed by atoms with Gasteiger partial charge in [0.2, 0.25) is 0 Å². The molecule has 0 unspecified atom stereocenters. The van der Waals surface area contributed by atoms with Gasteiger partial charge in [0.25, 0.3) is 0 Å². The fourth-order valence-electron chi connectivity index (χ4n) is 2.15. The van der Waals surface area contributed by atoms with E-state index in [9.17, 15) is 0 Å². The number of aromatic nitrogens is 3. The second kappa shape index (κ2) is 7.75. The van der Waals surface area contributed by atoms with Gasteiger partial charge in [0, 0.05) is 58.4 Å². The maximum Gasteiger partial charge on any atom is 0.133 e. The summed E-state index contributed by atoms with van der Waals surface area (Å²) in [6, 6.07) is 4.06. The largest absolute Gasteiger partial charge is 0.383 e. The average Bonchev–Trinajstić information content (AvgIpc) is 2.89. The molecule has 0 aromatic carbocycles. The maximum atomic E-state index is 5.04. The number of pyridine rings is 1. The van der Waals surface area contributed by atoms with Gasteiger partial charge < -0.3 is 19.5 Å². The third kappa shape index (κ3) is 4.27. The molecule has 0 fully saturated rings. The molecule has 0 atom stereocenters. The monoisotopic (exact) mass is 289 g/mol. The normalized spacial score (nSPS) is 10.8. The highest BCUT2D eigenvalue weighted by Crippen LogP contribution is 2.17. The summed E-state index contributed by atoms with van der Waals surface area (Å²) in [5, 5.41) is 3.36. The number of nitrogens with one attached hydrogen (secondary N) is 1. The fourth-order valence-corrected chi connectivity index (χ4v) is 2.15. The quantitative estimate of drug-likeness (QED) is 0.740. The third-order valence-corrected chi connectivity index (χ3v) is 3.33. The van der Waals surface area contributed by atoms with Crippen molar-refractivity contribution in [2.24, 2.45) is 7.05 Å². The molecule has 0 saturated heterocycles. The van der Waals surface area contributed by atoms with E-state index in [0.29, 0.717) is 6.61 Å². The van der Waals surface area contributed by atoms with E-state index >= 15 is 0 Å². The molecule has 0 spiro atoms. The second-order valence-electron chi connectivity index (χ2n) is 4.97. The van der Waals surface area contributed by atoms with Crippen molar-refractivity contribution in [1.29, 1.82) is 0 Å². The van der Waals surface area contributed by atoms with E-state index in [1.165, 1.54) is 5.56 Å². The minimum atomic E-state index is 0.707. The molecule has 2 aromatic rings. The van der Waals surface area contributed by atoms with Crippen LogP contribution >= 0.6 is 0 Å². The summed E-state index contributed by atoms with van der Waals surface area (Å²) in [6.07, 6.45) is 5.59. The first-order valence-electron chi connectivity index (χ1n) is 7.03. The SMILES string of the molecule is COCCNCc1cccnc1N(C)Cc1nccn1C. The topological polar surface area (TPSA) is 55.2 Å². The number of rotatable bonds is 8. The van der Waals surface area contributed by atoms with Crippen LogP contribution in [0.2, 0.25) is 0 Å². The highest BCUT2D eigenvalue weighted by molar-refractivity contribution is 5.46. The number of aryl methyl sites for hydroxylation is 1. The molecule has 0 aliphatic rings. The summed E-state index contributed by atoms with van der Waals surface area (Å²) in [6.45, 7) is 3.04. The van der Waals surface area contributed by atoms with Gasteiger partial charge in [-0.2, -0.15) is 0 Å². The summed E-state index contributed by atoms with van der Waals surface area (Å²) in [4.78, 5) is 11.0. The van der Waals surface area contributed by atoms with Gasteiger partial charge in [-0.15, -0.1) is 0 Å². The van der Waals surface area contributed by atoms with E-state index in [1.54, 1.807) is 7.11 Å². The van der Waals surface area contributed by atoms with Gasteiger partial charge in [0.05, 0.1) is 13.2 Å². The van der Waals surface area contributed by atoms with Crippen LogP contribution in [0.25, 0.3) is 0 Å². The fraction of sp³-hybridized carbons (Fsp3) is 0.467. The first-order valence-corrected chi connectivity index (χ1v) is 7.03. The molecule has 1 N–H and O–H groups in total. The lowest BCUT2D eigenvalue weighted by molar-refractivity contribution is 0.199. The van der Waals surface area contributed by atoms with E-state index in [1.807, 2.05) is 43.3 Å². The molecule has 2 rings (SSSR count). The van der Waals surface area contributed by atoms with Crippen LogP contribution < -0.4 is 10.2 Å². The lowest BCUT2D eigenvalue weighted by Crippen LogP contribution is -2.24. The molecule has 114 valence electrons. The molecule has 0 amide bonds. The van der Waals surface area contributed by atoms with Gasteiger partial charge in [0.15, 0.2) is 0 Å². The van der Waals surface area contributed by atoms with Gasteiger partial charge in [-0.1, -0.05) is 6.07 Å². The summed E-state index contributed by atoms with van der Waals surface area (Å²) < 4.78 is 7.06. The van der Waals surface area contributed by atoms with Gasteiger partial charge in [0.1, 0.15) is 11.6 Å². The standard InChI is InChI=1S/C15H23N5O/c1-19-9-7-17-14(19)12-20(2)15-13(5-4-6-18-15)11-16-8-10-21-3/h4-7,9,16H,8,10-12H2,1-3H3. The van der Waals surface area contributed by atoms with E-state index in [0.717, 1.165) is 31.3 Å². The molecule has 0 aliphatic heterocycles. The average molecular weight is 289 g/mol. The predicted molar refractivity (Wildman–Crippen MR) is 83.1 cm³/mol. The van der Waals surface area contributed by atoms with Crippen molar-refractivity contribution < 1.29 is 4.74 Å². The maximum absolute atomic E-state index is 5.04. The second-order valence-corrected chi connectivity index (χ2v) is 4.97. The van der Waals surface area contributed by atoms with Crippen LogP contribution in [0.4, 0.5) is 5.82 Å². The lowest BCUT2D eigenvalue weighted by atomic mass is 10.2. The highest BCUT2D eigenvalue weighted by Gasteiger charge is 2.11. The Morgan fingerprint density at radius 2 is 2.19 bits per heavy atom. The Morgan fingerprint density at radius 3 is 2.90 bits per heavy atom. The van der Waals surface area contributed by atoms with Crippen molar-refractivity contribution in [2.45, 2.75) is 13.1 Å². The zero-order chi connectivity index (χ0) is 15.1. The van der Waals surface area contributed by atoms with Crippen molar-refractivity contribution in [3.05, 3.63) is 42.1 Å². The number of imidazole rings is 1. The van der Waals surface area contributed by atoms with Gasteiger partial charge in [-0.3, -0.25) is 0 Å². The highest BCUT2D eigenvalue weighted by atomic mass is 16.5. The van der Waals surface area contributed by atoms with E-state index in [4.69, 9.17) is 4.74 Å². The molecule has 0 saturated carbocycles. The predicted octanol–water partition coefficient (Wildman–Crippen LogP) is 1.19. The van der Waals surface area contributed by atoms with Gasteiger partial charge in [-0.05, 0) is 6.07 Å². The number of hydrogen-bond donors (Lipinski definition) is 1. The molecule has 0 radical (unpaired) electrons. The summed E-state index contributed by atoms with van der Waals surface area (Å²) in [7, 11) is 5.75. The Kier molecular flexibility index (Phi) is 5.71.